The van der Waals surface area contributed by atoms with Crippen molar-refractivity contribution in [2.24, 2.45) is 0 Å². The van der Waals surface area contributed by atoms with Gasteiger partial charge in [-0.3, -0.25) is 9.69 Å². The molecule has 1 aliphatic rings. The topological polar surface area (TPSA) is 54.5 Å². The van der Waals surface area contributed by atoms with Crippen LogP contribution in [0.15, 0.2) is 57.2 Å². The number of hydrogen-bond donors (Lipinski definition) is 0. The van der Waals surface area contributed by atoms with E-state index in [0.717, 1.165) is 15.5 Å². The second kappa shape index (κ2) is 5.44. The van der Waals surface area contributed by atoms with E-state index in [9.17, 15) is 13.2 Å². The Hall–Kier alpha value is -1.79. The van der Waals surface area contributed by atoms with Gasteiger partial charge in [0.25, 0.3) is 0 Å². The smallest absolute Gasteiger partial charge is 0.231 e. The Morgan fingerprint density at radius 2 is 1.77 bits per heavy atom. The van der Waals surface area contributed by atoms with Crippen LogP contribution < -0.4 is 4.90 Å². The lowest BCUT2D eigenvalue weighted by Crippen LogP contribution is -2.27. The molecule has 0 aromatic heterocycles. The Morgan fingerprint density at radius 1 is 1.09 bits per heavy atom. The van der Waals surface area contributed by atoms with Gasteiger partial charge >= 0.3 is 0 Å². The normalized spacial score (nSPS) is 13.5. The number of sulfone groups is 1. The molecule has 0 bridgehead atoms. The first-order chi connectivity index (χ1) is 10.4. The van der Waals surface area contributed by atoms with E-state index in [1.165, 1.54) is 6.26 Å². The van der Waals surface area contributed by atoms with Crippen LogP contribution in [-0.4, -0.2) is 20.6 Å². The van der Waals surface area contributed by atoms with E-state index in [1.807, 2.05) is 24.3 Å². The second-order valence-corrected chi connectivity index (χ2v) is 8.15. The van der Waals surface area contributed by atoms with Crippen molar-refractivity contribution < 1.29 is 13.2 Å². The van der Waals surface area contributed by atoms with E-state index in [1.54, 1.807) is 41.8 Å². The fraction of sp³-hybridized carbons (Fsp3) is 0.188. The van der Waals surface area contributed by atoms with Crippen LogP contribution in [0.2, 0.25) is 0 Å². The molecule has 0 N–H and O–H groups in total. The maximum Gasteiger partial charge on any atom is 0.231 e. The minimum absolute atomic E-state index is 0.0559. The average molecular weight is 333 g/mol. The van der Waals surface area contributed by atoms with Crippen molar-refractivity contribution in [3.63, 3.8) is 0 Å². The van der Waals surface area contributed by atoms with Gasteiger partial charge in [0.05, 0.1) is 16.3 Å². The summed E-state index contributed by atoms with van der Waals surface area (Å²) in [6.07, 6.45) is 1.52. The second-order valence-electron chi connectivity index (χ2n) is 5.05. The molecule has 0 fully saturated rings. The Bertz CT molecular complexity index is 859. The summed E-state index contributed by atoms with van der Waals surface area (Å²) in [5.74, 6) is -0.0559. The number of nitrogens with zero attached hydrogens (tertiary/aromatic N) is 1. The van der Waals surface area contributed by atoms with Gasteiger partial charge in [-0.05, 0) is 30.3 Å². The lowest BCUT2D eigenvalue weighted by atomic mass is 10.2. The molecule has 0 spiro atoms. The molecule has 4 nitrogen and oxygen atoms in total. The Balaban J connectivity index is 2.24. The van der Waals surface area contributed by atoms with Crippen molar-refractivity contribution in [1.82, 2.24) is 0 Å². The number of fused-ring (bicyclic) bond motifs is 2. The van der Waals surface area contributed by atoms with Crippen LogP contribution in [-0.2, 0) is 14.6 Å². The third-order valence-corrected chi connectivity index (χ3v) is 5.72. The summed E-state index contributed by atoms with van der Waals surface area (Å²) in [6.45, 7) is 1.80. The van der Waals surface area contributed by atoms with E-state index < -0.39 is 9.84 Å². The first-order valence-electron chi connectivity index (χ1n) is 6.85. The van der Waals surface area contributed by atoms with Crippen molar-refractivity contribution >= 4 is 38.9 Å². The number of rotatable bonds is 2. The Morgan fingerprint density at radius 3 is 2.45 bits per heavy atom. The highest BCUT2D eigenvalue weighted by molar-refractivity contribution is 7.99. The van der Waals surface area contributed by atoms with Crippen LogP contribution in [0.5, 0.6) is 0 Å². The first kappa shape index (κ1) is 15.1. The summed E-state index contributed by atoms with van der Waals surface area (Å²) in [4.78, 5) is 16.1. The minimum Gasteiger partial charge on any atom is -0.279 e. The molecule has 22 heavy (non-hydrogen) atoms. The zero-order chi connectivity index (χ0) is 15.9. The quantitative estimate of drug-likeness (QED) is 0.842. The van der Waals surface area contributed by atoms with Crippen LogP contribution in [0.25, 0.3) is 0 Å². The number of para-hydroxylation sites is 1. The van der Waals surface area contributed by atoms with Crippen LogP contribution in [0, 0.1) is 0 Å². The van der Waals surface area contributed by atoms with Gasteiger partial charge in [-0.2, -0.15) is 0 Å². The summed E-state index contributed by atoms with van der Waals surface area (Å²) in [6, 6.07) is 12.6. The van der Waals surface area contributed by atoms with Gasteiger partial charge in [-0.1, -0.05) is 30.8 Å². The largest absolute Gasteiger partial charge is 0.279 e. The van der Waals surface area contributed by atoms with Gasteiger partial charge in [-0.25, -0.2) is 8.42 Å². The molecule has 114 valence electrons. The minimum atomic E-state index is -3.32. The third kappa shape index (κ3) is 2.53. The summed E-state index contributed by atoms with van der Waals surface area (Å²) in [5, 5.41) is 0. The fourth-order valence-corrected chi connectivity index (χ4v) is 4.07. The maximum absolute atomic E-state index is 12.4. The SMILES string of the molecule is CCC(=O)N1c2ccccc2Sc2ccc(S(C)(=O)=O)cc21. The van der Waals surface area contributed by atoms with E-state index in [-0.39, 0.29) is 10.8 Å². The molecule has 6 heteroatoms. The highest BCUT2D eigenvalue weighted by atomic mass is 32.2. The van der Waals surface area contributed by atoms with Gasteiger partial charge in [0, 0.05) is 22.5 Å². The number of benzene rings is 2. The summed E-state index contributed by atoms with van der Waals surface area (Å²) >= 11 is 1.54. The molecule has 0 aliphatic carbocycles. The van der Waals surface area contributed by atoms with Crippen LogP contribution in [0.3, 0.4) is 0 Å². The molecule has 3 rings (SSSR count). The van der Waals surface area contributed by atoms with Crippen LogP contribution >= 0.6 is 11.8 Å². The number of hydrogen-bond acceptors (Lipinski definition) is 4. The molecule has 0 radical (unpaired) electrons. The zero-order valence-corrected chi connectivity index (χ0v) is 13.9. The Labute approximate surface area is 134 Å². The van der Waals surface area contributed by atoms with E-state index in [2.05, 4.69) is 0 Å². The van der Waals surface area contributed by atoms with Crippen LogP contribution in [0.4, 0.5) is 11.4 Å². The van der Waals surface area contributed by atoms with Gasteiger partial charge in [-0.15, -0.1) is 0 Å². The molecule has 2 aromatic rings. The number of amides is 1. The predicted octanol–water partition coefficient (Wildman–Crippen LogP) is 3.63. The van der Waals surface area contributed by atoms with Crippen molar-refractivity contribution in [3.05, 3.63) is 42.5 Å². The lowest BCUT2D eigenvalue weighted by molar-refractivity contribution is -0.117. The number of carbonyl (C=O) groups is 1. The summed E-state index contributed by atoms with van der Waals surface area (Å²) in [5.41, 5.74) is 1.44. The molecule has 2 aromatic carbocycles. The first-order valence-corrected chi connectivity index (χ1v) is 9.56. The monoisotopic (exact) mass is 333 g/mol. The third-order valence-electron chi connectivity index (χ3n) is 3.48. The van der Waals surface area contributed by atoms with E-state index >= 15 is 0 Å². The lowest BCUT2D eigenvalue weighted by Gasteiger charge is -2.31. The summed E-state index contributed by atoms with van der Waals surface area (Å²) < 4.78 is 23.6. The highest BCUT2D eigenvalue weighted by Gasteiger charge is 2.28. The molecule has 1 heterocycles. The van der Waals surface area contributed by atoms with Gasteiger partial charge in [0.15, 0.2) is 9.84 Å². The van der Waals surface area contributed by atoms with Crippen LogP contribution in [0.1, 0.15) is 13.3 Å². The molecule has 0 atom stereocenters. The number of carbonyl (C=O) groups excluding carboxylic acids is 1. The standard InChI is InChI=1S/C16H15NO3S2/c1-3-16(18)17-12-6-4-5-7-14(12)21-15-9-8-11(10-13(15)17)22(2,19)20/h4-10H,3H2,1-2H3. The van der Waals surface area contributed by atoms with Gasteiger partial charge in [0.1, 0.15) is 0 Å². The van der Waals surface area contributed by atoms with Crippen molar-refractivity contribution in [2.75, 3.05) is 11.2 Å². The maximum atomic E-state index is 12.4. The van der Waals surface area contributed by atoms with Crippen molar-refractivity contribution in [2.45, 2.75) is 28.0 Å². The zero-order valence-electron chi connectivity index (χ0n) is 12.2. The molecular weight excluding hydrogens is 318 g/mol. The van der Waals surface area contributed by atoms with E-state index in [0.29, 0.717) is 12.1 Å². The molecule has 0 saturated carbocycles. The predicted molar refractivity (Wildman–Crippen MR) is 87.6 cm³/mol. The summed E-state index contributed by atoms with van der Waals surface area (Å²) in [7, 11) is -3.32. The fourth-order valence-electron chi connectivity index (χ4n) is 2.39. The average Bonchev–Trinajstić information content (AvgIpc) is 2.50. The molecule has 1 amide bonds. The molecular formula is C16H15NO3S2. The van der Waals surface area contributed by atoms with Crippen molar-refractivity contribution in [3.8, 4) is 0 Å². The number of anilines is 2. The van der Waals surface area contributed by atoms with Gasteiger partial charge in [0.2, 0.25) is 5.91 Å². The van der Waals surface area contributed by atoms with Crippen molar-refractivity contribution in [1.29, 1.82) is 0 Å². The highest BCUT2D eigenvalue weighted by Crippen LogP contribution is 2.48. The molecule has 1 aliphatic heterocycles. The Kier molecular flexibility index (Phi) is 3.74. The molecule has 0 unspecified atom stereocenters. The molecule has 0 saturated heterocycles. The van der Waals surface area contributed by atoms with Gasteiger partial charge < -0.3 is 0 Å². The van der Waals surface area contributed by atoms with E-state index in [4.69, 9.17) is 0 Å².